The Morgan fingerprint density at radius 1 is 1.28 bits per heavy atom. The molecule has 0 bridgehead atoms. The molecule has 194 valence electrons. The smallest absolute Gasteiger partial charge is 0.294 e. The number of sulfone groups is 1. The molecule has 0 radical (unpaired) electrons. The number of aromatic nitrogens is 4. The first kappa shape index (κ1) is 25.6. The molecule has 14 heteroatoms. The number of aryl methyl sites for hydroxylation is 2. The molecule has 1 fully saturated rings. The maximum Gasteiger partial charge on any atom is 0.294 e. The minimum Gasteiger partial charge on any atom is -0.493 e. The number of fused-ring (bicyclic) bond motifs is 1. The quantitative estimate of drug-likeness (QED) is 0.289. The molecule has 1 aromatic carbocycles. The lowest BCUT2D eigenvalue weighted by atomic mass is 10.2. The van der Waals surface area contributed by atoms with Crippen LogP contribution in [0.15, 0.2) is 27.9 Å². The van der Waals surface area contributed by atoms with Crippen LogP contribution in [0.5, 0.6) is 5.75 Å². The van der Waals surface area contributed by atoms with E-state index in [-0.39, 0.29) is 42.5 Å². The van der Waals surface area contributed by atoms with Gasteiger partial charge in [0.05, 0.1) is 28.0 Å². The van der Waals surface area contributed by atoms with E-state index in [0.717, 1.165) is 6.42 Å². The van der Waals surface area contributed by atoms with Gasteiger partial charge in [-0.2, -0.15) is 0 Å². The first-order valence-corrected chi connectivity index (χ1v) is 13.2. The average Bonchev–Trinajstić information content (AvgIpc) is 3.11. The van der Waals surface area contributed by atoms with Crippen molar-refractivity contribution in [3.63, 3.8) is 0 Å². The summed E-state index contributed by atoms with van der Waals surface area (Å²) < 4.78 is 33.8. The zero-order chi connectivity index (χ0) is 26.0. The predicted octanol–water partition coefficient (Wildman–Crippen LogP) is 1.41. The molecule has 3 heterocycles. The number of hydrogen-bond donors (Lipinski definition) is 1. The zero-order valence-corrected chi connectivity index (χ0v) is 21.1. The van der Waals surface area contributed by atoms with Crippen molar-refractivity contribution in [1.82, 2.24) is 24.5 Å². The maximum atomic E-state index is 13.3. The number of benzene rings is 1. The number of nitrogens with zero attached hydrogens (tertiary/aromatic N) is 5. The van der Waals surface area contributed by atoms with Crippen molar-refractivity contribution >= 4 is 15.4 Å². The molecule has 1 aliphatic rings. The highest BCUT2D eigenvalue weighted by atomic mass is 32.2. The molecule has 36 heavy (non-hydrogen) atoms. The molecular weight excluding hydrogens is 492 g/mol. The van der Waals surface area contributed by atoms with Crippen LogP contribution in [0.2, 0.25) is 0 Å². The number of aromatic amines is 1. The first-order chi connectivity index (χ1) is 17.1. The van der Waals surface area contributed by atoms with Gasteiger partial charge in [-0.15, -0.1) is 15.2 Å². The molecule has 0 aliphatic carbocycles. The maximum absolute atomic E-state index is 13.3. The van der Waals surface area contributed by atoms with Gasteiger partial charge in [-0.1, -0.05) is 6.92 Å². The highest BCUT2D eigenvalue weighted by molar-refractivity contribution is 7.92. The summed E-state index contributed by atoms with van der Waals surface area (Å²) in [7, 11) is -3.71. The fraction of sp³-hybridized carbons (Fsp3) is 0.500. The molecule has 4 rings (SSSR count). The van der Waals surface area contributed by atoms with Gasteiger partial charge in [0, 0.05) is 26.1 Å². The van der Waals surface area contributed by atoms with Crippen LogP contribution in [0, 0.1) is 17.0 Å². The lowest BCUT2D eigenvalue weighted by Crippen LogP contribution is -2.55. The van der Waals surface area contributed by atoms with Gasteiger partial charge in [0.15, 0.2) is 21.2 Å². The Kier molecular flexibility index (Phi) is 7.26. The van der Waals surface area contributed by atoms with E-state index >= 15 is 0 Å². The second-order valence-corrected chi connectivity index (χ2v) is 10.7. The number of rotatable bonds is 11. The third-order valence-electron chi connectivity index (χ3n) is 6.02. The summed E-state index contributed by atoms with van der Waals surface area (Å²) in [5, 5.41) is 13.3. The summed E-state index contributed by atoms with van der Waals surface area (Å²) in [5.41, 5.74) is 0.883. The van der Waals surface area contributed by atoms with Crippen molar-refractivity contribution in [3.8, 4) is 17.1 Å². The van der Waals surface area contributed by atoms with Crippen LogP contribution < -0.4 is 10.3 Å². The van der Waals surface area contributed by atoms with Crippen LogP contribution in [0.1, 0.15) is 31.8 Å². The summed E-state index contributed by atoms with van der Waals surface area (Å²) in [6.07, 6.45) is 1.44. The lowest BCUT2D eigenvalue weighted by molar-refractivity contribution is -0.757. The van der Waals surface area contributed by atoms with E-state index in [9.17, 15) is 23.3 Å². The van der Waals surface area contributed by atoms with E-state index in [2.05, 4.69) is 19.9 Å². The second-order valence-electron chi connectivity index (χ2n) is 8.50. The Labute approximate surface area is 207 Å². The molecule has 0 atom stereocenters. The Morgan fingerprint density at radius 2 is 2.03 bits per heavy atom. The molecule has 1 saturated heterocycles. The monoisotopic (exact) mass is 520 g/mol. The summed E-state index contributed by atoms with van der Waals surface area (Å²) >= 11 is 0. The molecule has 2 aromatic heterocycles. The fourth-order valence-corrected chi connectivity index (χ4v) is 5.97. The molecule has 0 amide bonds. The van der Waals surface area contributed by atoms with Gasteiger partial charge >= 0.3 is 0 Å². The lowest BCUT2D eigenvalue weighted by Gasteiger charge is -2.38. The topological polar surface area (TPSA) is 162 Å². The zero-order valence-electron chi connectivity index (χ0n) is 20.3. The van der Waals surface area contributed by atoms with Gasteiger partial charge in [0.2, 0.25) is 0 Å². The number of H-pyrrole nitrogens is 1. The standard InChI is InChI=1S/C22H28N6O7S/c1-4-6-19-23-14(3)20-22(29)24-21(25-27(19)20)17-11-15(7-8-18(17)34-5-2)36(32,33)16-12-26(13-16)9-10-35-28(30)31/h7-8,11,16H,4-6,9-10,12-13H2,1-3H3,(H,24,25,29). The van der Waals surface area contributed by atoms with E-state index in [0.29, 0.717) is 41.4 Å². The van der Waals surface area contributed by atoms with Gasteiger partial charge < -0.3 is 14.6 Å². The van der Waals surface area contributed by atoms with Crippen molar-refractivity contribution in [2.75, 3.05) is 32.8 Å². The fourth-order valence-electron chi connectivity index (χ4n) is 4.23. The molecule has 0 unspecified atom stereocenters. The van der Waals surface area contributed by atoms with Crippen LogP contribution in [0.25, 0.3) is 16.9 Å². The van der Waals surface area contributed by atoms with Crippen molar-refractivity contribution in [1.29, 1.82) is 0 Å². The van der Waals surface area contributed by atoms with Gasteiger partial charge in [-0.25, -0.2) is 17.9 Å². The van der Waals surface area contributed by atoms with E-state index in [4.69, 9.17) is 4.74 Å². The summed E-state index contributed by atoms with van der Waals surface area (Å²) in [6, 6.07) is 4.50. The summed E-state index contributed by atoms with van der Waals surface area (Å²) in [5.74, 6) is 1.21. The van der Waals surface area contributed by atoms with Crippen LogP contribution in [0.4, 0.5) is 0 Å². The SMILES string of the molecule is CCCc1nc(C)c2c(=O)[nH]c(-c3cc(S(=O)(=O)C4CN(CCO[N+](=O)[O-])C4)ccc3OCC)nn12. The van der Waals surface area contributed by atoms with Gasteiger partial charge in [0.25, 0.3) is 10.6 Å². The number of imidazole rings is 1. The van der Waals surface area contributed by atoms with Crippen LogP contribution in [0.3, 0.4) is 0 Å². The number of nitrogens with one attached hydrogen (secondary N) is 1. The molecule has 0 spiro atoms. The average molecular weight is 521 g/mol. The number of likely N-dealkylation sites (tertiary alicyclic amines) is 1. The third-order valence-corrected chi connectivity index (χ3v) is 8.10. The predicted molar refractivity (Wildman–Crippen MR) is 129 cm³/mol. The second kappa shape index (κ2) is 10.2. The Balaban J connectivity index is 1.68. The minimum absolute atomic E-state index is 0.0745. The van der Waals surface area contributed by atoms with Gasteiger partial charge in [0.1, 0.15) is 18.2 Å². The van der Waals surface area contributed by atoms with E-state index < -0.39 is 20.2 Å². The first-order valence-electron chi connectivity index (χ1n) is 11.6. The Morgan fingerprint density at radius 3 is 2.69 bits per heavy atom. The highest BCUT2D eigenvalue weighted by Crippen LogP contribution is 2.33. The Bertz CT molecular complexity index is 1440. The van der Waals surface area contributed by atoms with E-state index in [1.165, 1.54) is 16.6 Å². The molecule has 1 N–H and O–H groups in total. The van der Waals surface area contributed by atoms with Crippen LogP contribution >= 0.6 is 0 Å². The molecule has 1 aliphatic heterocycles. The van der Waals surface area contributed by atoms with E-state index in [1.54, 1.807) is 24.8 Å². The van der Waals surface area contributed by atoms with Crippen LogP contribution in [-0.4, -0.2) is 76.1 Å². The molecular formula is C22H28N6O7S. The number of hydrogen-bond acceptors (Lipinski definition) is 10. The molecule has 3 aromatic rings. The molecule has 0 saturated carbocycles. The van der Waals surface area contributed by atoms with Crippen molar-refractivity contribution < 1.29 is 23.1 Å². The van der Waals surface area contributed by atoms with E-state index in [1.807, 2.05) is 6.92 Å². The third kappa shape index (κ3) is 4.91. The minimum atomic E-state index is -3.71. The van der Waals surface area contributed by atoms with Gasteiger partial charge in [-0.3, -0.25) is 9.69 Å². The van der Waals surface area contributed by atoms with Gasteiger partial charge in [-0.05, 0) is 38.5 Å². The van der Waals surface area contributed by atoms with Crippen LogP contribution in [-0.2, 0) is 21.1 Å². The summed E-state index contributed by atoms with van der Waals surface area (Å²) in [6.45, 7) is 6.50. The normalized spacial score (nSPS) is 14.6. The largest absolute Gasteiger partial charge is 0.493 e. The molecule has 13 nitrogen and oxygen atoms in total. The summed E-state index contributed by atoms with van der Waals surface area (Å²) in [4.78, 5) is 36.6. The Hall–Kier alpha value is -3.52. The van der Waals surface area contributed by atoms with Crippen molar-refractivity contribution in [3.05, 3.63) is 50.2 Å². The highest BCUT2D eigenvalue weighted by Gasteiger charge is 2.38. The van der Waals surface area contributed by atoms with Crippen molar-refractivity contribution in [2.24, 2.45) is 0 Å². The van der Waals surface area contributed by atoms with Crippen molar-refractivity contribution in [2.45, 2.75) is 43.8 Å². The number of ether oxygens (including phenoxy) is 1.